The average Bonchev–Trinajstić information content (AvgIpc) is 2.39. The summed E-state index contributed by atoms with van der Waals surface area (Å²) in [5.74, 6) is -0.269. The predicted octanol–water partition coefficient (Wildman–Crippen LogP) is 2.73. The van der Waals surface area contributed by atoms with Gasteiger partial charge in [-0.15, -0.1) is 0 Å². The lowest BCUT2D eigenvalue weighted by Crippen LogP contribution is -2.05. The summed E-state index contributed by atoms with van der Waals surface area (Å²) in [4.78, 5) is 18.2. The van der Waals surface area contributed by atoms with Crippen molar-refractivity contribution in [3.8, 4) is 11.1 Å². The molecule has 0 atom stereocenters. The molecular weight excluding hydrogens is 231 g/mol. The first-order valence-electron chi connectivity index (χ1n) is 5.47. The van der Waals surface area contributed by atoms with Crippen LogP contribution in [0.4, 0.5) is 4.39 Å². The van der Waals surface area contributed by atoms with E-state index in [4.69, 9.17) is 0 Å². The molecule has 1 N–H and O–H groups in total. The van der Waals surface area contributed by atoms with Crippen LogP contribution < -0.4 is 5.56 Å². The zero-order valence-electron chi connectivity index (χ0n) is 9.35. The molecule has 0 aliphatic rings. The Labute approximate surface area is 102 Å². The van der Waals surface area contributed by atoms with Gasteiger partial charge in [0, 0.05) is 0 Å². The maximum absolute atomic E-state index is 12.9. The van der Waals surface area contributed by atoms with Crippen LogP contribution in [-0.4, -0.2) is 9.97 Å². The highest BCUT2D eigenvalue weighted by molar-refractivity contribution is 5.83. The van der Waals surface area contributed by atoms with E-state index in [-0.39, 0.29) is 11.4 Å². The van der Waals surface area contributed by atoms with Gasteiger partial charge in [-0.05, 0) is 35.4 Å². The summed E-state index contributed by atoms with van der Waals surface area (Å²) in [5.41, 5.74) is 2.26. The maximum Gasteiger partial charge on any atom is 0.258 e. The van der Waals surface area contributed by atoms with Gasteiger partial charge in [0.05, 0.1) is 17.2 Å². The number of nitrogens with zero attached hydrogens (tertiary/aromatic N) is 1. The Balaban J connectivity index is 2.19. The Morgan fingerprint density at radius 1 is 1.00 bits per heavy atom. The van der Waals surface area contributed by atoms with Crippen molar-refractivity contribution in [2.45, 2.75) is 0 Å². The van der Waals surface area contributed by atoms with Crippen molar-refractivity contribution in [3.05, 3.63) is 65.0 Å². The third-order valence-electron chi connectivity index (χ3n) is 2.82. The van der Waals surface area contributed by atoms with Gasteiger partial charge in [0.25, 0.3) is 5.56 Å². The third-order valence-corrected chi connectivity index (χ3v) is 2.82. The van der Waals surface area contributed by atoms with Crippen LogP contribution >= 0.6 is 0 Å². The van der Waals surface area contributed by atoms with Gasteiger partial charge in [-0.25, -0.2) is 9.37 Å². The van der Waals surface area contributed by atoms with E-state index in [2.05, 4.69) is 9.97 Å². The molecule has 0 saturated carbocycles. The van der Waals surface area contributed by atoms with Crippen molar-refractivity contribution in [1.29, 1.82) is 0 Å². The SMILES string of the molecule is O=c1[nH]cnc2cc(-c3ccc(F)cc3)ccc12. The smallest absolute Gasteiger partial charge is 0.258 e. The first-order chi connectivity index (χ1) is 8.74. The fraction of sp³-hybridized carbons (Fsp3) is 0. The van der Waals surface area contributed by atoms with Crippen molar-refractivity contribution < 1.29 is 4.39 Å². The lowest BCUT2D eigenvalue weighted by molar-refractivity contribution is 0.628. The van der Waals surface area contributed by atoms with Crippen molar-refractivity contribution in [3.63, 3.8) is 0 Å². The molecule has 0 radical (unpaired) electrons. The van der Waals surface area contributed by atoms with E-state index in [0.717, 1.165) is 11.1 Å². The molecule has 3 nitrogen and oxygen atoms in total. The lowest BCUT2D eigenvalue weighted by atomic mass is 10.0. The molecule has 3 rings (SSSR count). The van der Waals surface area contributed by atoms with E-state index in [0.29, 0.717) is 10.9 Å². The van der Waals surface area contributed by atoms with E-state index in [1.54, 1.807) is 18.2 Å². The number of aromatic nitrogens is 2. The molecule has 1 heterocycles. The van der Waals surface area contributed by atoms with Crippen LogP contribution in [0.2, 0.25) is 0 Å². The molecule has 0 spiro atoms. The molecule has 0 saturated heterocycles. The summed E-state index contributed by atoms with van der Waals surface area (Å²) in [5, 5.41) is 0.545. The molecule has 1 aromatic heterocycles. The van der Waals surface area contributed by atoms with Crippen LogP contribution in [0.25, 0.3) is 22.0 Å². The highest BCUT2D eigenvalue weighted by Crippen LogP contribution is 2.22. The number of benzene rings is 2. The van der Waals surface area contributed by atoms with Gasteiger partial charge in [0.1, 0.15) is 5.82 Å². The summed E-state index contributed by atoms with van der Waals surface area (Å²) in [6.45, 7) is 0. The molecular formula is C14H9FN2O. The molecule has 3 aromatic rings. The molecule has 4 heteroatoms. The first kappa shape index (κ1) is 10.7. The highest BCUT2D eigenvalue weighted by atomic mass is 19.1. The van der Waals surface area contributed by atoms with Crippen LogP contribution in [0.1, 0.15) is 0 Å². The molecule has 0 aliphatic heterocycles. The first-order valence-corrected chi connectivity index (χ1v) is 5.47. The van der Waals surface area contributed by atoms with E-state index in [9.17, 15) is 9.18 Å². The number of H-pyrrole nitrogens is 1. The molecule has 0 unspecified atom stereocenters. The monoisotopic (exact) mass is 240 g/mol. The maximum atomic E-state index is 12.9. The second-order valence-corrected chi connectivity index (χ2v) is 3.97. The van der Waals surface area contributed by atoms with Crippen molar-refractivity contribution >= 4 is 10.9 Å². The molecule has 0 bridgehead atoms. The van der Waals surface area contributed by atoms with Crippen LogP contribution in [-0.2, 0) is 0 Å². The minimum atomic E-state index is -0.269. The minimum Gasteiger partial charge on any atom is -0.313 e. The second kappa shape index (κ2) is 4.07. The molecule has 0 amide bonds. The average molecular weight is 240 g/mol. The van der Waals surface area contributed by atoms with Crippen LogP contribution in [0, 0.1) is 5.82 Å². The fourth-order valence-electron chi connectivity index (χ4n) is 1.89. The number of rotatable bonds is 1. The quantitative estimate of drug-likeness (QED) is 0.710. The zero-order chi connectivity index (χ0) is 12.5. The minimum absolute atomic E-state index is 0.161. The third kappa shape index (κ3) is 1.78. The summed E-state index contributed by atoms with van der Waals surface area (Å²) in [7, 11) is 0. The molecule has 18 heavy (non-hydrogen) atoms. The predicted molar refractivity (Wildman–Crippen MR) is 67.8 cm³/mol. The lowest BCUT2D eigenvalue weighted by Gasteiger charge is -2.03. The second-order valence-electron chi connectivity index (χ2n) is 3.97. The largest absolute Gasteiger partial charge is 0.313 e. The normalized spacial score (nSPS) is 10.7. The van der Waals surface area contributed by atoms with E-state index >= 15 is 0 Å². The Bertz CT molecular complexity index is 763. The number of nitrogens with one attached hydrogen (secondary N) is 1. The van der Waals surface area contributed by atoms with Gasteiger partial charge in [-0.3, -0.25) is 4.79 Å². The van der Waals surface area contributed by atoms with Gasteiger partial charge in [-0.2, -0.15) is 0 Å². The Kier molecular flexibility index (Phi) is 2.41. The Morgan fingerprint density at radius 2 is 1.72 bits per heavy atom. The van der Waals surface area contributed by atoms with Crippen LogP contribution in [0.3, 0.4) is 0 Å². The number of halogens is 1. The van der Waals surface area contributed by atoms with E-state index in [1.165, 1.54) is 18.5 Å². The van der Waals surface area contributed by atoms with Gasteiger partial charge in [0.15, 0.2) is 0 Å². The fourth-order valence-corrected chi connectivity index (χ4v) is 1.89. The van der Waals surface area contributed by atoms with Crippen LogP contribution in [0.5, 0.6) is 0 Å². The standard InChI is InChI=1S/C14H9FN2O/c15-11-4-1-9(2-5-11)10-3-6-12-13(7-10)16-8-17-14(12)18/h1-8H,(H,16,17,18). The van der Waals surface area contributed by atoms with Crippen LogP contribution in [0.15, 0.2) is 53.6 Å². The summed E-state index contributed by atoms with van der Waals surface area (Å²) in [6.07, 6.45) is 1.37. The van der Waals surface area contributed by atoms with Gasteiger partial charge >= 0.3 is 0 Å². The Hall–Kier alpha value is -2.49. The van der Waals surface area contributed by atoms with Gasteiger partial charge < -0.3 is 4.98 Å². The van der Waals surface area contributed by atoms with Crippen molar-refractivity contribution in [2.24, 2.45) is 0 Å². The zero-order valence-corrected chi connectivity index (χ0v) is 9.35. The van der Waals surface area contributed by atoms with Gasteiger partial charge in [-0.1, -0.05) is 18.2 Å². The van der Waals surface area contributed by atoms with Crippen molar-refractivity contribution in [2.75, 3.05) is 0 Å². The van der Waals surface area contributed by atoms with E-state index < -0.39 is 0 Å². The van der Waals surface area contributed by atoms with Gasteiger partial charge in [0.2, 0.25) is 0 Å². The molecule has 88 valence electrons. The molecule has 0 fully saturated rings. The summed E-state index contributed by atoms with van der Waals surface area (Å²) >= 11 is 0. The molecule has 2 aromatic carbocycles. The summed E-state index contributed by atoms with van der Waals surface area (Å²) < 4.78 is 12.9. The summed E-state index contributed by atoms with van der Waals surface area (Å²) in [6, 6.07) is 11.6. The number of hydrogen-bond donors (Lipinski definition) is 1. The Morgan fingerprint density at radius 3 is 2.50 bits per heavy atom. The topological polar surface area (TPSA) is 45.8 Å². The van der Waals surface area contributed by atoms with E-state index in [1.807, 2.05) is 12.1 Å². The number of hydrogen-bond acceptors (Lipinski definition) is 2. The number of fused-ring (bicyclic) bond motifs is 1. The molecule has 0 aliphatic carbocycles. The number of aromatic amines is 1. The highest BCUT2D eigenvalue weighted by Gasteiger charge is 2.03. The van der Waals surface area contributed by atoms with Crippen molar-refractivity contribution in [1.82, 2.24) is 9.97 Å².